The number of allylic oxidation sites excluding steroid dienone is 13. The molecule has 0 heterocycles. The van der Waals surface area contributed by atoms with E-state index >= 15 is 0 Å². The zero-order chi connectivity index (χ0) is 35.8. The number of hydrogen-bond acceptors (Lipinski definition) is 2. The van der Waals surface area contributed by atoms with Crippen LogP contribution in [0, 0.1) is 0 Å². The zero-order valence-electron chi connectivity index (χ0n) is 29.9. The first-order chi connectivity index (χ1) is 25.8. The molecule has 0 bridgehead atoms. The van der Waals surface area contributed by atoms with Crippen LogP contribution in [0.4, 0.5) is 11.4 Å². The van der Waals surface area contributed by atoms with Crippen molar-refractivity contribution in [3.8, 4) is 0 Å². The molecule has 0 aromatic heterocycles. The quantitative estimate of drug-likeness (QED) is 0.122. The summed E-state index contributed by atoms with van der Waals surface area (Å²) in [6.45, 7) is 6.52. The maximum absolute atomic E-state index is 3.74. The van der Waals surface area contributed by atoms with E-state index in [4.69, 9.17) is 0 Å². The summed E-state index contributed by atoms with van der Waals surface area (Å²) in [5, 5.41) is 7.34. The van der Waals surface area contributed by atoms with E-state index in [-0.39, 0.29) is 0 Å². The van der Waals surface area contributed by atoms with Gasteiger partial charge in [0.25, 0.3) is 0 Å². The van der Waals surface area contributed by atoms with Crippen molar-refractivity contribution in [2.75, 3.05) is 16.3 Å². The van der Waals surface area contributed by atoms with Gasteiger partial charge in [0.1, 0.15) is 0 Å². The summed E-state index contributed by atoms with van der Waals surface area (Å²) in [5.74, 6) is 0. The normalized spacial score (nSPS) is 13.9. The fourth-order valence-electron chi connectivity index (χ4n) is 6.47. The van der Waals surface area contributed by atoms with E-state index in [2.05, 4.69) is 199 Å². The largest absolute Gasteiger partial charge is 0.340 e. The Kier molecular flexibility index (Phi) is 12.7. The molecule has 0 unspecified atom stereocenters. The van der Waals surface area contributed by atoms with Crippen LogP contribution in [-0.4, -0.2) is 6.54 Å². The van der Waals surface area contributed by atoms with Gasteiger partial charge in [-0.25, -0.2) is 0 Å². The number of nitrogens with zero attached hydrogens (tertiary/aromatic N) is 2. The second-order valence-electron chi connectivity index (χ2n) is 12.4. The van der Waals surface area contributed by atoms with Crippen molar-refractivity contribution in [2.24, 2.45) is 0 Å². The van der Waals surface area contributed by atoms with Gasteiger partial charge in [0.15, 0.2) is 0 Å². The minimum absolute atomic E-state index is 0.728. The van der Waals surface area contributed by atoms with E-state index in [1.54, 1.807) is 6.08 Å². The number of fused-ring (bicyclic) bond motifs is 3. The first kappa shape index (κ1) is 35.4. The highest BCUT2D eigenvalue weighted by molar-refractivity contribution is 5.89. The summed E-state index contributed by atoms with van der Waals surface area (Å²) >= 11 is 0. The van der Waals surface area contributed by atoms with E-state index in [1.807, 2.05) is 30.4 Å². The molecule has 0 saturated carbocycles. The van der Waals surface area contributed by atoms with Gasteiger partial charge in [-0.3, -0.25) is 0 Å². The molecular formula is C50H46N2. The third-order valence-corrected chi connectivity index (χ3v) is 8.97. The molecule has 2 heteroatoms. The average molecular weight is 675 g/mol. The van der Waals surface area contributed by atoms with Gasteiger partial charge in [-0.15, -0.1) is 0 Å². The lowest BCUT2D eigenvalue weighted by molar-refractivity contribution is 1.05. The van der Waals surface area contributed by atoms with Crippen LogP contribution in [-0.2, 0) is 0 Å². The summed E-state index contributed by atoms with van der Waals surface area (Å²) in [7, 11) is 0. The van der Waals surface area contributed by atoms with Crippen LogP contribution in [0.1, 0.15) is 19.8 Å². The van der Waals surface area contributed by atoms with Gasteiger partial charge in [-0.2, -0.15) is 0 Å². The van der Waals surface area contributed by atoms with Crippen LogP contribution in [0.5, 0.6) is 0 Å². The molecule has 0 radical (unpaired) electrons. The number of benzene rings is 5. The topological polar surface area (TPSA) is 6.48 Å². The molecule has 0 aliphatic heterocycles. The van der Waals surface area contributed by atoms with Crippen molar-refractivity contribution in [2.45, 2.75) is 19.8 Å². The summed E-state index contributed by atoms with van der Waals surface area (Å²) < 4.78 is 0. The molecule has 0 fully saturated rings. The van der Waals surface area contributed by atoms with Crippen LogP contribution < -0.4 is 20.2 Å². The lowest BCUT2D eigenvalue weighted by Crippen LogP contribution is -2.38. The third-order valence-electron chi connectivity index (χ3n) is 8.97. The van der Waals surface area contributed by atoms with Crippen molar-refractivity contribution in [3.05, 3.63) is 230 Å². The maximum Gasteiger partial charge on any atom is 0.0452 e. The SMILES string of the molecule is C=CC=CC=CC=CC=CN(C1=c2cc3ccccc3cc2=C(N(CC=CC=CC)c2ccc3ccccc3c2)CC=CC=CC1)c1ccccc1. The van der Waals surface area contributed by atoms with Gasteiger partial charge in [0, 0.05) is 58.8 Å². The number of hydrogen-bond donors (Lipinski definition) is 0. The molecule has 1 aliphatic rings. The van der Waals surface area contributed by atoms with E-state index in [9.17, 15) is 0 Å². The molecule has 0 atom stereocenters. The zero-order valence-corrected chi connectivity index (χ0v) is 29.9. The Morgan fingerprint density at radius 2 is 1.12 bits per heavy atom. The minimum atomic E-state index is 0.728. The van der Waals surface area contributed by atoms with Crippen LogP contribution in [0.15, 0.2) is 219 Å². The average Bonchev–Trinajstić information content (AvgIpc) is 3.19. The summed E-state index contributed by atoms with van der Waals surface area (Å²) in [6.07, 6.45) is 37.1. The molecule has 0 amide bonds. The van der Waals surface area contributed by atoms with Gasteiger partial charge in [0.05, 0.1) is 0 Å². The predicted molar refractivity (Wildman–Crippen MR) is 228 cm³/mol. The van der Waals surface area contributed by atoms with Crippen molar-refractivity contribution in [1.82, 2.24) is 0 Å². The fourth-order valence-corrected chi connectivity index (χ4v) is 6.47. The molecule has 256 valence electrons. The standard InChI is InChI=1S/C50H46N2/c1-3-5-7-9-10-11-14-25-36-51(45-30-16-15-17-31-45)49-32-18-12-13-19-33-50(48-40-44-29-23-22-28-43(44)39-47(48)49)52(37-24-8-6-4-2)46-35-34-41-26-20-21-27-42(41)38-46/h3-31,34-36,38-40H,1,32-33,37H2,2H3. The Labute approximate surface area is 309 Å². The highest BCUT2D eigenvalue weighted by Crippen LogP contribution is 2.28. The number of anilines is 2. The molecule has 52 heavy (non-hydrogen) atoms. The van der Waals surface area contributed by atoms with E-state index < -0.39 is 0 Å². The van der Waals surface area contributed by atoms with Gasteiger partial charge >= 0.3 is 0 Å². The molecular weight excluding hydrogens is 629 g/mol. The Balaban J connectivity index is 1.66. The lowest BCUT2D eigenvalue weighted by Gasteiger charge is -2.28. The van der Waals surface area contributed by atoms with E-state index in [0.717, 1.165) is 25.1 Å². The van der Waals surface area contributed by atoms with Crippen LogP contribution in [0.25, 0.3) is 32.9 Å². The maximum atomic E-state index is 3.74. The molecule has 1 aliphatic carbocycles. The highest BCUT2D eigenvalue weighted by atomic mass is 15.1. The fraction of sp³-hybridized carbons (Fsp3) is 0.0800. The lowest BCUT2D eigenvalue weighted by atomic mass is 10.0. The smallest absolute Gasteiger partial charge is 0.0452 e. The molecule has 0 N–H and O–H groups in total. The first-order valence-electron chi connectivity index (χ1n) is 18.0. The second kappa shape index (κ2) is 18.6. The van der Waals surface area contributed by atoms with Crippen molar-refractivity contribution in [3.63, 3.8) is 0 Å². The molecule has 2 nitrogen and oxygen atoms in total. The summed E-state index contributed by atoms with van der Waals surface area (Å²) in [5.41, 5.74) is 4.73. The number of rotatable bonds is 12. The summed E-state index contributed by atoms with van der Waals surface area (Å²) in [4.78, 5) is 4.84. The molecule has 6 rings (SSSR count). The Morgan fingerprint density at radius 1 is 0.538 bits per heavy atom. The van der Waals surface area contributed by atoms with Gasteiger partial charge in [-0.05, 0) is 70.9 Å². The second-order valence-corrected chi connectivity index (χ2v) is 12.4. The van der Waals surface area contributed by atoms with Crippen LogP contribution >= 0.6 is 0 Å². The molecule has 0 saturated heterocycles. The van der Waals surface area contributed by atoms with Crippen molar-refractivity contribution >= 4 is 44.3 Å². The van der Waals surface area contributed by atoms with Gasteiger partial charge in [-0.1, -0.05) is 171 Å². The summed E-state index contributed by atoms with van der Waals surface area (Å²) in [6, 6.07) is 39.6. The van der Waals surface area contributed by atoms with E-state index in [0.29, 0.717) is 0 Å². The first-order valence-corrected chi connectivity index (χ1v) is 18.0. The predicted octanol–water partition coefficient (Wildman–Crippen LogP) is 11.6. The minimum Gasteiger partial charge on any atom is -0.340 e. The Bertz CT molecular complexity index is 2360. The Hall–Kier alpha value is -6.38. The molecule has 0 spiro atoms. The molecule has 5 aromatic rings. The monoisotopic (exact) mass is 674 g/mol. The van der Waals surface area contributed by atoms with Crippen LogP contribution in [0.2, 0.25) is 0 Å². The Morgan fingerprint density at radius 3 is 1.79 bits per heavy atom. The van der Waals surface area contributed by atoms with E-state index in [1.165, 1.54) is 49.1 Å². The number of para-hydroxylation sites is 1. The third kappa shape index (κ3) is 9.04. The van der Waals surface area contributed by atoms with Crippen molar-refractivity contribution < 1.29 is 0 Å². The highest BCUT2D eigenvalue weighted by Gasteiger charge is 2.17. The van der Waals surface area contributed by atoms with Crippen LogP contribution in [0.3, 0.4) is 0 Å². The van der Waals surface area contributed by atoms with Crippen molar-refractivity contribution in [1.29, 1.82) is 0 Å². The van der Waals surface area contributed by atoms with Gasteiger partial charge in [0.2, 0.25) is 0 Å². The van der Waals surface area contributed by atoms with Gasteiger partial charge < -0.3 is 9.80 Å². The molecule has 5 aromatic carbocycles.